The molecule has 0 bridgehead atoms. The zero-order chi connectivity index (χ0) is 27.1. The van der Waals surface area contributed by atoms with Crippen LogP contribution in [0.4, 0.5) is 11.4 Å². The smallest absolute Gasteiger partial charge is 0.174 e. The van der Waals surface area contributed by atoms with Crippen LogP contribution in [0.1, 0.15) is 49.4 Å². The standard InChI is InChI=1S/C31H33ClN6S/c1-20-15-21(2)19-36(18-20)27-12-10-23(16-25(27)32)38-30(29(35-31(38)39)26-8-4-5-14-34-26)28-11-9-22(3)37(28)24-7-6-13-33-17-24/h4-14,16-17,20-21,29-30H,15,18-19H2,1-3H3,(H,35,39)/t20-,21-,29-,30+/m0/s1. The maximum absolute atomic E-state index is 7.00. The molecule has 2 aliphatic rings. The number of hydrogen-bond acceptors (Lipinski definition) is 4. The van der Waals surface area contributed by atoms with E-state index in [1.54, 1.807) is 6.20 Å². The summed E-state index contributed by atoms with van der Waals surface area (Å²) in [7, 11) is 0. The topological polar surface area (TPSA) is 49.2 Å². The summed E-state index contributed by atoms with van der Waals surface area (Å²) >= 11 is 13.0. The average molecular weight is 557 g/mol. The third kappa shape index (κ3) is 4.90. The highest BCUT2D eigenvalue weighted by Crippen LogP contribution is 2.44. The molecule has 3 aromatic heterocycles. The molecule has 200 valence electrons. The van der Waals surface area contributed by atoms with E-state index in [1.165, 1.54) is 6.42 Å². The van der Waals surface area contributed by atoms with Gasteiger partial charge in [-0.15, -0.1) is 0 Å². The third-order valence-corrected chi connectivity index (χ3v) is 8.45. The van der Waals surface area contributed by atoms with Gasteiger partial charge in [0.2, 0.25) is 0 Å². The van der Waals surface area contributed by atoms with Gasteiger partial charge in [0.1, 0.15) is 6.04 Å². The summed E-state index contributed by atoms with van der Waals surface area (Å²) in [5, 5.41) is 4.97. The Kier molecular flexibility index (Phi) is 7.04. The number of pyridine rings is 2. The van der Waals surface area contributed by atoms with E-state index in [4.69, 9.17) is 28.8 Å². The van der Waals surface area contributed by atoms with E-state index in [0.29, 0.717) is 16.9 Å². The number of benzene rings is 1. The minimum Gasteiger partial charge on any atom is -0.370 e. The molecule has 0 unspecified atom stereocenters. The molecule has 2 fully saturated rings. The van der Waals surface area contributed by atoms with Crippen molar-refractivity contribution in [3.05, 3.63) is 101 Å². The third-order valence-electron chi connectivity index (χ3n) is 7.83. The van der Waals surface area contributed by atoms with E-state index in [0.717, 1.165) is 52.3 Å². The van der Waals surface area contributed by atoms with Crippen LogP contribution in [0.25, 0.3) is 5.69 Å². The fourth-order valence-corrected chi connectivity index (χ4v) is 6.96. The first-order valence-electron chi connectivity index (χ1n) is 13.5. The molecule has 0 amide bonds. The molecule has 0 saturated carbocycles. The van der Waals surface area contributed by atoms with Gasteiger partial charge in [-0.05, 0) is 92.0 Å². The van der Waals surface area contributed by atoms with Crippen LogP contribution in [0.3, 0.4) is 0 Å². The summed E-state index contributed by atoms with van der Waals surface area (Å²) in [4.78, 5) is 13.7. The molecule has 4 aromatic rings. The van der Waals surface area contributed by atoms with Crippen molar-refractivity contribution >= 4 is 40.3 Å². The van der Waals surface area contributed by atoms with Crippen molar-refractivity contribution in [3.63, 3.8) is 0 Å². The Hall–Kier alpha value is -3.42. The number of nitrogens with zero attached hydrogens (tertiary/aromatic N) is 5. The van der Waals surface area contributed by atoms with Gasteiger partial charge in [0.15, 0.2) is 5.11 Å². The van der Waals surface area contributed by atoms with E-state index in [9.17, 15) is 0 Å². The molecule has 8 heteroatoms. The lowest BCUT2D eigenvalue weighted by Crippen LogP contribution is -2.38. The second-order valence-electron chi connectivity index (χ2n) is 10.9. The molecule has 1 N–H and O–H groups in total. The molecule has 2 aliphatic heterocycles. The number of aryl methyl sites for hydroxylation is 1. The maximum atomic E-state index is 7.00. The Balaban J connectivity index is 1.44. The van der Waals surface area contributed by atoms with Crippen molar-refractivity contribution in [1.82, 2.24) is 19.9 Å². The predicted molar refractivity (Wildman–Crippen MR) is 163 cm³/mol. The molecule has 6 nitrogen and oxygen atoms in total. The van der Waals surface area contributed by atoms with Crippen molar-refractivity contribution in [2.45, 2.75) is 39.3 Å². The van der Waals surface area contributed by atoms with Crippen LogP contribution >= 0.6 is 23.8 Å². The highest BCUT2D eigenvalue weighted by Gasteiger charge is 2.42. The summed E-state index contributed by atoms with van der Waals surface area (Å²) in [5.74, 6) is 1.29. The fourth-order valence-electron chi connectivity index (χ4n) is 6.32. The first kappa shape index (κ1) is 25.8. The van der Waals surface area contributed by atoms with Crippen molar-refractivity contribution in [2.75, 3.05) is 22.9 Å². The Morgan fingerprint density at radius 3 is 2.46 bits per heavy atom. The SMILES string of the molecule is Cc1ccc([C@@H]2[C@H](c3ccccn3)NC(=S)N2c2ccc(N3C[C@@H](C)C[C@H](C)C3)c(Cl)c2)n1-c1cccnc1. The van der Waals surface area contributed by atoms with Gasteiger partial charge in [-0.1, -0.05) is 31.5 Å². The highest BCUT2D eigenvalue weighted by atomic mass is 35.5. The quantitative estimate of drug-likeness (QED) is 0.270. The summed E-state index contributed by atoms with van der Waals surface area (Å²) in [6.07, 6.45) is 6.78. The lowest BCUT2D eigenvalue weighted by atomic mass is 9.91. The lowest BCUT2D eigenvalue weighted by Gasteiger charge is -2.37. The lowest BCUT2D eigenvalue weighted by molar-refractivity contribution is 0.357. The predicted octanol–water partition coefficient (Wildman–Crippen LogP) is 6.89. The summed E-state index contributed by atoms with van der Waals surface area (Å²) in [5.41, 5.74) is 6.21. The van der Waals surface area contributed by atoms with Gasteiger partial charge in [0.05, 0.1) is 34.3 Å². The number of hydrogen-bond donors (Lipinski definition) is 1. The number of halogens is 1. The van der Waals surface area contributed by atoms with Crippen molar-refractivity contribution in [1.29, 1.82) is 0 Å². The second-order valence-corrected chi connectivity index (χ2v) is 11.7. The first-order valence-corrected chi connectivity index (χ1v) is 14.3. The monoisotopic (exact) mass is 556 g/mol. The van der Waals surface area contributed by atoms with E-state index in [2.05, 4.69) is 87.9 Å². The molecule has 0 radical (unpaired) electrons. The zero-order valence-corrected chi connectivity index (χ0v) is 24.0. The van der Waals surface area contributed by atoms with Crippen molar-refractivity contribution in [2.24, 2.45) is 11.8 Å². The van der Waals surface area contributed by atoms with Crippen LogP contribution in [-0.4, -0.2) is 32.7 Å². The molecule has 39 heavy (non-hydrogen) atoms. The van der Waals surface area contributed by atoms with Gasteiger partial charge in [0, 0.05) is 42.6 Å². The first-order chi connectivity index (χ1) is 18.9. The maximum Gasteiger partial charge on any atom is 0.174 e. The van der Waals surface area contributed by atoms with Gasteiger partial charge in [0.25, 0.3) is 0 Å². The Morgan fingerprint density at radius 2 is 1.77 bits per heavy atom. The Bertz CT molecular complexity index is 1460. The fraction of sp³-hybridized carbons (Fsp3) is 0.323. The number of anilines is 2. The van der Waals surface area contributed by atoms with Crippen LogP contribution < -0.4 is 15.1 Å². The van der Waals surface area contributed by atoms with E-state index >= 15 is 0 Å². The van der Waals surface area contributed by atoms with Crippen LogP contribution in [0.2, 0.25) is 5.02 Å². The van der Waals surface area contributed by atoms with Gasteiger partial charge < -0.3 is 19.7 Å². The minimum atomic E-state index is -0.154. The van der Waals surface area contributed by atoms with E-state index in [1.807, 2.05) is 30.6 Å². The van der Waals surface area contributed by atoms with E-state index in [-0.39, 0.29) is 12.1 Å². The number of piperidine rings is 1. The molecule has 2 saturated heterocycles. The summed E-state index contributed by atoms with van der Waals surface area (Å²) in [6, 6.07) is 20.4. The van der Waals surface area contributed by atoms with Gasteiger partial charge in [-0.25, -0.2) is 0 Å². The zero-order valence-electron chi connectivity index (χ0n) is 22.5. The van der Waals surface area contributed by atoms with Gasteiger partial charge in [-0.2, -0.15) is 0 Å². The molecule has 5 heterocycles. The van der Waals surface area contributed by atoms with Crippen molar-refractivity contribution < 1.29 is 0 Å². The van der Waals surface area contributed by atoms with Gasteiger partial charge >= 0.3 is 0 Å². The summed E-state index contributed by atoms with van der Waals surface area (Å²) < 4.78 is 2.25. The van der Waals surface area contributed by atoms with Crippen LogP contribution in [-0.2, 0) is 0 Å². The number of thiocarbonyl (C=S) groups is 1. The number of nitrogens with one attached hydrogen (secondary N) is 1. The molecule has 1 aromatic carbocycles. The van der Waals surface area contributed by atoms with Crippen LogP contribution in [0.5, 0.6) is 0 Å². The highest BCUT2D eigenvalue weighted by molar-refractivity contribution is 7.80. The molecule has 4 atom stereocenters. The second kappa shape index (κ2) is 10.6. The van der Waals surface area contributed by atoms with E-state index < -0.39 is 0 Å². The van der Waals surface area contributed by atoms with Crippen LogP contribution in [0.15, 0.2) is 79.3 Å². The van der Waals surface area contributed by atoms with Gasteiger partial charge in [-0.3, -0.25) is 9.97 Å². The summed E-state index contributed by atoms with van der Waals surface area (Å²) in [6.45, 7) is 8.80. The average Bonchev–Trinajstić information content (AvgIpc) is 3.48. The normalized spacial score (nSPS) is 23.2. The largest absolute Gasteiger partial charge is 0.370 e. The Labute approximate surface area is 240 Å². The number of aromatic nitrogens is 3. The molecule has 0 spiro atoms. The van der Waals surface area contributed by atoms with Crippen molar-refractivity contribution in [3.8, 4) is 5.69 Å². The molecular weight excluding hydrogens is 524 g/mol. The Morgan fingerprint density at radius 1 is 0.949 bits per heavy atom. The minimum absolute atomic E-state index is 0.148. The molecular formula is C31H33ClN6S. The molecule has 6 rings (SSSR count). The van der Waals surface area contributed by atoms with Crippen LogP contribution in [0, 0.1) is 18.8 Å². The molecule has 0 aliphatic carbocycles. The number of rotatable bonds is 5.